The van der Waals surface area contributed by atoms with Gasteiger partial charge in [0, 0.05) is 31.5 Å². The Labute approximate surface area is 140 Å². The first-order valence-electron chi connectivity index (χ1n) is 7.90. The number of hydrogen-bond acceptors (Lipinski definition) is 5. The Morgan fingerprint density at radius 3 is 2.42 bits per heavy atom. The fourth-order valence-electron chi connectivity index (χ4n) is 2.72. The van der Waals surface area contributed by atoms with Gasteiger partial charge >= 0.3 is 0 Å². The summed E-state index contributed by atoms with van der Waals surface area (Å²) in [5.74, 6) is 0.253. The Morgan fingerprint density at radius 2 is 1.83 bits per heavy atom. The van der Waals surface area contributed by atoms with E-state index in [9.17, 15) is 8.42 Å². The second-order valence-electron chi connectivity index (χ2n) is 6.25. The lowest BCUT2D eigenvalue weighted by Gasteiger charge is -2.34. The summed E-state index contributed by atoms with van der Waals surface area (Å²) in [4.78, 5) is 4.18. The van der Waals surface area contributed by atoms with E-state index in [1.807, 2.05) is 30.3 Å². The summed E-state index contributed by atoms with van der Waals surface area (Å²) in [6.45, 7) is 3.47. The number of alkyl halides is 1. The summed E-state index contributed by atoms with van der Waals surface area (Å²) < 4.78 is 46.0. The number of aromatic nitrogens is 2. The Hall–Kier alpha value is -1.80. The second kappa shape index (κ2) is 6.25. The zero-order chi connectivity index (χ0) is 17.4. The normalized spacial score (nSPS) is 18.8. The molecule has 0 spiro atoms. The van der Waals surface area contributed by atoms with Crippen molar-refractivity contribution in [3.05, 3.63) is 36.2 Å². The number of hydrogen-bond donors (Lipinski definition) is 0. The van der Waals surface area contributed by atoms with Crippen molar-refractivity contribution in [2.24, 2.45) is 0 Å². The molecule has 1 saturated heterocycles. The molecular formula is C16H20FN3O3S. The van der Waals surface area contributed by atoms with E-state index in [0.717, 1.165) is 5.56 Å². The van der Waals surface area contributed by atoms with Gasteiger partial charge < -0.3 is 4.52 Å². The Kier molecular flexibility index (Phi) is 4.44. The molecule has 0 saturated carbocycles. The summed E-state index contributed by atoms with van der Waals surface area (Å²) >= 11 is 0. The van der Waals surface area contributed by atoms with Crippen molar-refractivity contribution in [1.82, 2.24) is 14.4 Å². The summed E-state index contributed by atoms with van der Waals surface area (Å²) in [5.41, 5.74) is -1.04. The zero-order valence-corrected chi connectivity index (χ0v) is 14.5. The van der Waals surface area contributed by atoms with Crippen molar-refractivity contribution < 1.29 is 17.3 Å². The Morgan fingerprint density at radius 1 is 1.21 bits per heavy atom. The minimum atomic E-state index is -3.37. The highest BCUT2D eigenvalue weighted by atomic mass is 32.2. The lowest BCUT2D eigenvalue weighted by Crippen LogP contribution is -2.45. The fourth-order valence-corrected chi connectivity index (χ4v) is 4.00. The highest BCUT2D eigenvalue weighted by molar-refractivity contribution is 7.89. The van der Waals surface area contributed by atoms with E-state index in [1.165, 1.54) is 4.31 Å². The van der Waals surface area contributed by atoms with Crippen LogP contribution in [-0.2, 0) is 15.7 Å². The molecule has 6 nitrogen and oxygen atoms in total. The smallest absolute Gasteiger partial charge is 0.264 e. The number of rotatable bonds is 4. The molecule has 1 aromatic carbocycles. The van der Waals surface area contributed by atoms with Gasteiger partial charge in [-0.25, -0.2) is 17.1 Å². The maximum Gasteiger partial charge on any atom is 0.264 e. The van der Waals surface area contributed by atoms with Crippen molar-refractivity contribution in [2.45, 2.75) is 37.6 Å². The Balaban J connectivity index is 1.76. The van der Waals surface area contributed by atoms with Crippen molar-refractivity contribution in [3.8, 4) is 11.4 Å². The predicted molar refractivity (Wildman–Crippen MR) is 87.4 cm³/mol. The molecule has 24 heavy (non-hydrogen) atoms. The van der Waals surface area contributed by atoms with Crippen LogP contribution in [0.25, 0.3) is 11.4 Å². The lowest BCUT2D eigenvalue weighted by molar-refractivity contribution is 0.0509. The van der Waals surface area contributed by atoms with E-state index in [1.54, 1.807) is 13.8 Å². The van der Waals surface area contributed by atoms with Gasteiger partial charge in [0.2, 0.25) is 15.8 Å². The van der Waals surface area contributed by atoms with Crippen LogP contribution < -0.4 is 0 Å². The first-order valence-corrected chi connectivity index (χ1v) is 9.41. The van der Waals surface area contributed by atoms with Gasteiger partial charge in [0.25, 0.3) is 5.89 Å². The SMILES string of the molecule is CC(C)S(=O)(=O)N1CCC(F)(c2nc(-c3ccccc3)no2)CC1. The molecule has 3 rings (SSSR count). The first-order chi connectivity index (χ1) is 11.3. The molecule has 0 aliphatic carbocycles. The highest BCUT2D eigenvalue weighted by Crippen LogP contribution is 2.37. The molecule has 0 amide bonds. The van der Waals surface area contributed by atoms with Crippen LogP contribution in [0.5, 0.6) is 0 Å². The molecule has 0 bridgehead atoms. The van der Waals surface area contributed by atoms with Gasteiger partial charge in [0.1, 0.15) is 0 Å². The van der Waals surface area contributed by atoms with Crippen LogP contribution in [0.3, 0.4) is 0 Å². The van der Waals surface area contributed by atoms with Crippen LogP contribution in [-0.4, -0.2) is 41.2 Å². The molecule has 1 fully saturated rings. The third kappa shape index (κ3) is 3.08. The molecule has 0 N–H and O–H groups in total. The molecule has 0 radical (unpaired) electrons. The van der Waals surface area contributed by atoms with Gasteiger partial charge in [0.05, 0.1) is 5.25 Å². The van der Waals surface area contributed by atoms with Crippen LogP contribution in [0.1, 0.15) is 32.6 Å². The van der Waals surface area contributed by atoms with Gasteiger partial charge in [-0.05, 0) is 13.8 Å². The quantitative estimate of drug-likeness (QED) is 0.845. The van der Waals surface area contributed by atoms with Crippen LogP contribution in [0.15, 0.2) is 34.9 Å². The third-order valence-corrected chi connectivity index (χ3v) is 6.59. The summed E-state index contributed by atoms with van der Waals surface area (Å²) in [6, 6.07) is 9.18. The van der Waals surface area contributed by atoms with E-state index >= 15 is 4.39 Å². The van der Waals surface area contributed by atoms with Crippen molar-refractivity contribution in [1.29, 1.82) is 0 Å². The maximum atomic E-state index is 15.2. The number of halogens is 1. The third-order valence-electron chi connectivity index (χ3n) is 4.31. The molecule has 2 aromatic rings. The molecule has 1 aliphatic rings. The van der Waals surface area contributed by atoms with E-state index in [2.05, 4.69) is 10.1 Å². The molecule has 0 atom stereocenters. The van der Waals surface area contributed by atoms with E-state index in [0.29, 0.717) is 5.82 Å². The first kappa shape index (κ1) is 17.0. The fraction of sp³-hybridized carbons (Fsp3) is 0.500. The molecule has 2 heterocycles. The van der Waals surface area contributed by atoms with Crippen LogP contribution in [0, 0.1) is 0 Å². The topological polar surface area (TPSA) is 76.3 Å². The maximum absolute atomic E-state index is 15.2. The Bertz CT molecular complexity index is 797. The van der Waals surface area contributed by atoms with Gasteiger partial charge in [-0.1, -0.05) is 35.5 Å². The molecule has 1 aliphatic heterocycles. The summed E-state index contributed by atoms with van der Waals surface area (Å²) in [6.07, 6.45) is 0.0186. The van der Waals surface area contributed by atoms with E-state index in [-0.39, 0.29) is 31.8 Å². The monoisotopic (exact) mass is 353 g/mol. The van der Waals surface area contributed by atoms with E-state index < -0.39 is 20.9 Å². The van der Waals surface area contributed by atoms with Crippen molar-refractivity contribution >= 4 is 10.0 Å². The van der Waals surface area contributed by atoms with Gasteiger partial charge in [-0.2, -0.15) is 4.98 Å². The van der Waals surface area contributed by atoms with Crippen LogP contribution in [0.4, 0.5) is 4.39 Å². The van der Waals surface area contributed by atoms with Crippen molar-refractivity contribution in [3.63, 3.8) is 0 Å². The molecule has 8 heteroatoms. The molecule has 1 aromatic heterocycles. The van der Waals surface area contributed by atoms with Gasteiger partial charge in [-0.3, -0.25) is 0 Å². The van der Waals surface area contributed by atoms with Crippen LogP contribution in [0.2, 0.25) is 0 Å². The largest absolute Gasteiger partial charge is 0.335 e. The van der Waals surface area contributed by atoms with Crippen molar-refractivity contribution in [2.75, 3.05) is 13.1 Å². The zero-order valence-electron chi connectivity index (χ0n) is 13.6. The highest BCUT2D eigenvalue weighted by Gasteiger charge is 2.44. The lowest BCUT2D eigenvalue weighted by atomic mass is 9.94. The standard InChI is InChI=1S/C16H20FN3O3S/c1-12(2)24(21,22)20-10-8-16(17,9-11-20)15-18-14(19-23-15)13-6-4-3-5-7-13/h3-7,12H,8-11H2,1-2H3. The number of sulfonamides is 1. The molecule has 0 unspecified atom stereocenters. The van der Waals surface area contributed by atoms with Crippen LogP contribution >= 0.6 is 0 Å². The summed E-state index contributed by atoms with van der Waals surface area (Å²) in [7, 11) is -3.37. The number of piperidine rings is 1. The van der Waals surface area contributed by atoms with Gasteiger partial charge in [-0.15, -0.1) is 0 Å². The minimum absolute atomic E-state index is 0.00930. The average Bonchev–Trinajstić information content (AvgIpc) is 3.07. The molecular weight excluding hydrogens is 333 g/mol. The minimum Gasteiger partial charge on any atom is -0.335 e. The second-order valence-corrected chi connectivity index (χ2v) is 8.74. The molecule has 130 valence electrons. The van der Waals surface area contributed by atoms with Gasteiger partial charge in [0.15, 0.2) is 5.67 Å². The van der Waals surface area contributed by atoms with E-state index in [4.69, 9.17) is 4.52 Å². The summed E-state index contributed by atoms with van der Waals surface area (Å²) in [5, 5.41) is 3.33. The predicted octanol–water partition coefficient (Wildman–Crippen LogP) is 2.74. The number of benzene rings is 1. The average molecular weight is 353 g/mol. The number of nitrogens with zero attached hydrogens (tertiary/aromatic N) is 3.